The summed E-state index contributed by atoms with van der Waals surface area (Å²) in [6.45, 7) is 5.58. The number of carbonyl (C=O) groups excluding carboxylic acids is 1. The Morgan fingerprint density at radius 3 is 2.26 bits per heavy atom. The van der Waals surface area contributed by atoms with Crippen LogP contribution >= 0.6 is 0 Å². The highest BCUT2D eigenvalue weighted by Crippen LogP contribution is 2.30. The lowest BCUT2D eigenvalue weighted by Gasteiger charge is -2.14. The van der Waals surface area contributed by atoms with Crippen LogP contribution < -0.4 is 15.1 Å². The number of methoxy groups -OCH3 is 1. The monoisotopic (exact) mass is 457 g/mol. The topological polar surface area (TPSA) is 98.9 Å². The number of nitrogens with zero attached hydrogens (tertiary/aromatic N) is 1. The molecule has 4 rings (SSSR count). The maximum atomic E-state index is 13.4. The summed E-state index contributed by atoms with van der Waals surface area (Å²) in [7, 11) is 1.52. The molecule has 0 spiro atoms. The van der Waals surface area contributed by atoms with Crippen LogP contribution in [0.4, 0.5) is 0 Å². The van der Waals surface area contributed by atoms with Gasteiger partial charge in [0.05, 0.1) is 7.11 Å². The molecule has 172 valence electrons. The van der Waals surface area contributed by atoms with Crippen molar-refractivity contribution in [3.63, 3.8) is 0 Å². The summed E-state index contributed by atoms with van der Waals surface area (Å²) in [6.07, 6.45) is 0. The summed E-state index contributed by atoms with van der Waals surface area (Å²) in [5.41, 5.74) is 1.78. The van der Waals surface area contributed by atoms with E-state index < -0.39 is 22.9 Å². The van der Waals surface area contributed by atoms with Crippen LogP contribution in [0.3, 0.4) is 0 Å². The van der Waals surface area contributed by atoms with Crippen molar-refractivity contribution in [1.29, 1.82) is 0 Å². The quantitative estimate of drug-likeness (QED) is 0.191. The molecule has 0 radical (unpaired) electrons. The first-order valence-electron chi connectivity index (χ1n) is 10.6. The van der Waals surface area contributed by atoms with Gasteiger partial charge in [-0.3, -0.25) is 0 Å². The fraction of sp³-hybridized carbons (Fsp3) is 0.148. The molecule has 0 saturated carbocycles. The molecule has 4 aromatic rings. The standard InChI is InChI=1S/C27H23NO6/c1-15-13-16(2)25(17(3)14-15)34-26(30)22(24(29)18-9-11-19(32-4)12-10-18)23-27(31)33-21-8-6-5-7-20(21)28-23/h5-14,29H,1-4H3/b24-22+. The third kappa shape index (κ3) is 4.41. The van der Waals surface area contributed by atoms with E-state index in [4.69, 9.17) is 13.9 Å². The first kappa shape index (κ1) is 22.8. The van der Waals surface area contributed by atoms with Crippen LogP contribution in [0.1, 0.15) is 27.9 Å². The lowest BCUT2D eigenvalue weighted by molar-refractivity contribution is -0.128. The Hall–Kier alpha value is -4.39. The number of aromatic nitrogens is 1. The molecule has 7 nitrogen and oxygen atoms in total. The van der Waals surface area contributed by atoms with Crippen LogP contribution in [0, 0.1) is 20.8 Å². The van der Waals surface area contributed by atoms with Crippen molar-refractivity contribution in [3.8, 4) is 11.5 Å². The first-order valence-corrected chi connectivity index (χ1v) is 10.6. The Kier molecular flexibility index (Phi) is 6.19. The number of carbonyl (C=O) groups is 1. The number of rotatable bonds is 5. The number of esters is 1. The molecule has 0 unspecified atom stereocenters. The van der Waals surface area contributed by atoms with Crippen LogP contribution in [-0.4, -0.2) is 23.2 Å². The summed E-state index contributed by atoms with van der Waals surface area (Å²) >= 11 is 0. The number of hydrogen-bond donors (Lipinski definition) is 1. The van der Waals surface area contributed by atoms with Crippen LogP contribution in [-0.2, 0) is 4.79 Å². The normalized spacial score (nSPS) is 11.8. The van der Waals surface area contributed by atoms with E-state index in [0.717, 1.165) is 16.7 Å². The van der Waals surface area contributed by atoms with Gasteiger partial charge in [-0.25, -0.2) is 14.6 Å². The van der Waals surface area contributed by atoms with Gasteiger partial charge in [0.25, 0.3) is 0 Å². The summed E-state index contributed by atoms with van der Waals surface area (Å²) < 4.78 is 16.2. The van der Waals surface area contributed by atoms with Gasteiger partial charge >= 0.3 is 11.6 Å². The van der Waals surface area contributed by atoms with Crippen molar-refractivity contribution in [2.45, 2.75) is 20.8 Å². The van der Waals surface area contributed by atoms with E-state index >= 15 is 0 Å². The van der Waals surface area contributed by atoms with E-state index in [2.05, 4.69) is 4.98 Å². The van der Waals surface area contributed by atoms with Crippen LogP contribution in [0.5, 0.6) is 11.5 Å². The van der Waals surface area contributed by atoms with E-state index in [1.54, 1.807) is 48.5 Å². The molecule has 0 aliphatic heterocycles. The van der Waals surface area contributed by atoms with Gasteiger partial charge in [0.15, 0.2) is 11.3 Å². The number of fused-ring (bicyclic) bond motifs is 1. The molecular weight excluding hydrogens is 434 g/mol. The highest BCUT2D eigenvalue weighted by atomic mass is 16.5. The van der Waals surface area contributed by atoms with Crippen molar-refractivity contribution in [3.05, 3.63) is 99.0 Å². The van der Waals surface area contributed by atoms with Crippen molar-refractivity contribution < 1.29 is 23.8 Å². The SMILES string of the molecule is COc1ccc(/C(O)=C(\C(=O)Oc2c(C)cc(C)cc2C)c2nc3ccccc3oc2=O)cc1. The van der Waals surface area contributed by atoms with Crippen molar-refractivity contribution in [2.24, 2.45) is 0 Å². The van der Waals surface area contributed by atoms with Gasteiger partial charge in [-0.05, 0) is 68.3 Å². The number of ether oxygens (including phenoxy) is 2. The maximum Gasteiger partial charge on any atom is 0.363 e. The molecule has 1 aromatic heterocycles. The zero-order valence-corrected chi connectivity index (χ0v) is 19.2. The molecule has 0 fully saturated rings. The number of aryl methyl sites for hydroxylation is 3. The summed E-state index contributed by atoms with van der Waals surface area (Å²) in [5, 5.41) is 11.1. The summed E-state index contributed by atoms with van der Waals surface area (Å²) in [5.74, 6) is -0.487. The van der Waals surface area contributed by atoms with Gasteiger partial charge < -0.3 is 19.0 Å². The van der Waals surface area contributed by atoms with E-state index in [0.29, 0.717) is 17.0 Å². The number of benzene rings is 3. The fourth-order valence-corrected chi connectivity index (χ4v) is 3.78. The second kappa shape index (κ2) is 9.23. The van der Waals surface area contributed by atoms with Crippen molar-refractivity contribution >= 4 is 28.4 Å². The molecule has 34 heavy (non-hydrogen) atoms. The molecule has 0 atom stereocenters. The number of para-hydroxylation sites is 2. The summed E-state index contributed by atoms with van der Waals surface area (Å²) in [6, 6.07) is 16.8. The van der Waals surface area contributed by atoms with E-state index in [1.165, 1.54) is 7.11 Å². The number of hydrogen-bond acceptors (Lipinski definition) is 7. The van der Waals surface area contributed by atoms with E-state index in [9.17, 15) is 14.7 Å². The van der Waals surface area contributed by atoms with Gasteiger partial charge in [0, 0.05) is 5.56 Å². The van der Waals surface area contributed by atoms with Crippen molar-refractivity contribution in [2.75, 3.05) is 7.11 Å². The minimum Gasteiger partial charge on any atom is -0.506 e. The highest BCUT2D eigenvalue weighted by molar-refractivity contribution is 6.23. The third-order valence-corrected chi connectivity index (χ3v) is 5.33. The molecule has 0 bridgehead atoms. The Morgan fingerprint density at radius 1 is 0.971 bits per heavy atom. The minimum absolute atomic E-state index is 0.262. The van der Waals surface area contributed by atoms with Gasteiger partial charge in [0.2, 0.25) is 0 Å². The van der Waals surface area contributed by atoms with Gasteiger partial charge in [0.1, 0.15) is 28.3 Å². The number of aliphatic hydroxyl groups is 1. The second-order valence-electron chi connectivity index (χ2n) is 7.89. The lowest BCUT2D eigenvalue weighted by atomic mass is 10.0. The second-order valence-corrected chi connectivity index (χ2v) is 7.89. The zero-order valence-electron chi connectivity index (χ0n) is 19.2. The van der Waals surface area contributed by atoms with Crippen LogP contribution in [0.15, 0.2) is 69.9 Å². The average Bonchev–Trinajstić information content (AvgIpc) is 2.81. The highest BCUT2D eigenvalue weighted by Gasteiger charge is 2.27. The maximum absolute atomic E-state index is 13.4. The molecule has 0 aliphatic rings. The molecular formula is C27H23NO6. The molecule has 0 aliphatic carbocycles. The fourth-order valence-electron chi connectivity index (χ4n) is 3.78. The smallest absolute Gasteiger partial charge is 0.363 e. The third-order valence-electron chi connectivity index (χ3n) is 5.33. The average molecular weight is 457 g/mol. The largest absolute Gasteiger partial charge is 0.506 e. The van der Waals surface area contributed by atoms with Crippen molar-refractivity contribution in [1.82, 2.24) is 4.98 Å². The predicted molar refractivity (Wildman–Crippen MR) is 129 cm³/mol. The van der Waals surface area contributed by atoms with Crippen LogP contribution in [0.25, 0.3) is 22.4 Å². The van der Waals surface area contributed by atoms with Gasteiger partial charge in [-0.15, -0.1) is 0 Å². The van der Waals surface area contributed by atoms with Crippen LogP contribution in [0.2, 0.25) is 0 Å². The number of aliphatic hydroxyl groups excluding tert-OH is 1. The zero-order chi connectivity index (χ0) is 24.4. The predicted octanol–water partition coefficient (Wildman–Crippen LogP) is 5.15. The molecule has 1 heterocycles. The Morgan fingerprint density at radius 2 is 1.62 bits per heavy atom. The minimum atomic E-state index is -0.932. The first-order chi connectivity index (χ1) is 16.3. The molecule has 7 heteroatoms. The molecule has 3 aromatic carbocycles. The Balaban J connectivity index is 1.91. The van der Waals surface area contributed by atoms with E-state index in [1.807, 2.05) is 32.9 Å². The molecule has 0 amide bonds. The van der Waals surface area contributed by atoms with E-state index in [-0.39, 0.29) is 16.8 Å². The van der Waals surface area contributed by atoms with Gasteiger partial charge in [-0.2, -0.15) is 0 Å². The van der Waals surface area contributed by atoms with Gasteiger partial charge in [-0.1, -0.05) is 29.8 Å². The Labute approximate surface area is 195 Å². The Bertz CT molecular complexity index is 1460. The molecule has 1 N–H and O–H groups in total. The summed E-state index contributed by atoms with van der Waals surface area (Å²) in [4.78, 5) is 30.6. The lowest BCUT2D eigenvalue weighted by Crippen LogP contribution is -2.20. The molecule has 0 saturated heterocycles.